The summed E-state index contributed by atoms with van der Waals surface area (Å²) in [7, 11) is 2.99. The Balaban J connectivity index is 1.66. The van der Waals surface area contributed by atoms with Crippen LogP contribution in [0.2, 0.25) is 0 Å². The van der Waals surface area contributed by atoms with E-state index < -0.39 is 11.8 Å². The van der Waals surface area contributed by atoms with Crippen molar-refractivity contribution in [2.24, 2.45) is 5.73 Å². The van der Waals surface area contributed by atoms with Crippen LogP contribution in [0.1, 0.15) is 5.56 Å². The molecule has 1 fully saturated rings. The number of primary amides is 1. The topological polar surface area (TPSA) is 117 Å². The smallest absolute Gasteiger partial charge is 0.293 e. The second-order valence-electron chi connectivity index (χ2n) is 6.50. The Morgan fingerprint density at radius 3 is 2.38 bits per heavy atom. The van der Waals surface area contributed by atoms with E-state index in [1.54, 1.807) is 42.5 Å². The van der Waals surface area contributed by atoms with Crippen LogP contribution in [-0.2, 0) is 9.59 Å². The highest BCUT2D eigenvalue weighted by Crippen LogP contribution is 2.34. The van der Waals surface area contributed by atoms with Crippen molar-refractivity contribution in [3.63, 3.8) is 0 Å². The molecule has 3 rings (SSSR count). The maximum Gasteiger partial charge on any atom is 0.293 e. The molecule has 1 heterocycles. The molecule has 0 aromatic heterocycles. The zero-order chi connectivity index (χ0) is 23.1. The normalized spacial score (nSPS) is 14.6. The van der Waals surface area contributed by atoms with E-state index in [0.29, 0.717) is 28.6 Å². The summed E-state index contributed by atoms with van der Waals surface area (Å²) >= 11 is 0.847. The molecule has 0 saturated carbocycles. The molecular formula is C22H22N2O7S. The molecule has 9 nitrogen and oxygen atoms in total. The van der Waals surface area contributed by atoms with Crippen molar-refractivity contribution in [1.82, 2.24) is 4.90 Å². The number of amides is 3. The maximum atomic E-state index is 12.7. The van der Waals surface area contributed by atoms with E-state index in [1.807, 2.05) is 6.07 Å². The highest BCUT2D eigenvalue weighted by Gasteiger charge is 2.34. The molecule has 0 bridgehead atoms. The number of nitrogens with zero attached hydrogens (tertiary/aromatic N) is 1. The highest BCUT2D eigenvalue weighted by atomic mass is 32.2. The Morgan fingerprint density at radius 1 is 1.00 bits per heavy atom. The molecular weight excluding hydrogens is 436 g/mol. The lowest BCUT2D eigenvalue weighted by Crippen LogP contribution is -2.32. The minimum Gasteiger partial charge on any atom is -0.493 e. The average Bonchev–Trinajstić information content (AvgIpc) is 3.05. The molecule has 0 radical (unpaired) electrons. The molecule has 10 heteroatoms. The molecule has 168 valence electrons. The summed E-state index contributed by atoms with van der Waals surface area (Å²) in [6.45, 7) is -0.0553. The summed E-state index contributed by atoms with van der Waals surface area (Å²) in [6, 6.07) is 12.0. The van der Waals surface area contributed by atoms with E-state index in [1.165, 1.54) is 14.2 Å². The number of rotatable bonds is 10. The molecule has 0 unspecified atom stereocenters. The Labute approximate surface area is 189 Å². The van der Waals surface area contributed by atoms with Crippen LogP contribution in [0.3, 0.4) is 0 Å². The van der Waals surface area contributed by atoms with Gasteiger partial charge in [0.15, 0.2) is 29.6 Å². The van der Waals surface area contributed by atoms with Crippen LogP contribution >= 0.6 is 11.8 Å². The zero-order valence-corrected chi connectivity index (χ0v) is 18.3. The van der Waals surface area contributed by atoms with Gasteiger partial charge in [-0.25, -0.2) is 0 Å². The van der Waals surface area contributed by atoms with E-state index in [2.05, 4.69) is 0 Å². The molecule has 1 saturated heterocycles. The van der Waals surface area contributed by atoms with E-state index in [0.717, 1.165) is 16.7 Å². The lowest BCUT2D eigenvalue weighted by molar-refractivity contribution is -0.123. The zero-order valence-electron chi connectivity index (χ0n) is 17.5. The fourth-order valence-corrected chi connectivity index (χ4v) is 3.74. The Bertz CT molecular complexity index is 1050. The number of carbonyl (C=O) groups excluding carboxylic acids is 3. The van der Waals surface area contributed by atoms with Crippen molar-refractivity contribution in [2.45, 2.75) is 0 Å². The van der Waals surface area contributed by atoms with Crippen molar-refractivity contribution in [3.05, 3.63) is 52.9 Å². The van der Waals surface area contributed by atoms with Crippen molar-refractivity contribution in [3.8, 4) is 23.0 Å². The summed E-state index contributed by atoms with van der Waals surface area (Å²) in [5.41, 5.74) is 5.72. The summed E-state index contributed by atoms with van der Waals surface area (Å²) in [5.74, 6) is 0.785. The first kappa shape index (κ1) is 23.0. The van der Waals surface area contributed by atoms with E-state index in [9.17, 15) is 14.4 Å². The first-order valence-electron chi connectivity index (χ1n) is 9.53. The summed E-state index contributed by atoms with van der Waals surface area (Å²) in [5, 5.41) is -0.377. The summed E-state index contributed by atoms with van der Waals surface area (Å²) in [4.78, 5) is 37.4. The van der Waals surface area contributed by atoms with Crippen LogP contribution in [0.5, 0.6) is 23.0 Å². The first-order chi connectivity index (χ1) is 15.4. The third kappa shape index (κ3) is 5.52. The van der Waals surface area contributed by atoms with Crippen LogP contribution in [0.25, 0.3) is 6.08 Å². The van der Waals surface area contributed by atoms with Gasteiger partial charge >= 0.3 is 0 Å². The van der Waals surface area contributed by atoms with E-state index in [4.69, 9.17) is 24.7 Å². The number of thioether (sulfide) groups is 1. The van der Waals surface area contributed by atoms with Crippen LogP contribution in [-0.4, -0.2) is 55.9 Å². The molecule has 0 aliphatic carbocycles. The number of hydrogen-bond acceptors (Lipinski definition) is 8. The van der Waals surface area contributed by atoms with E-state index in [-0.39, 0.29) is 29.9 Å². The molecule has 2 N–H and O–H groups in total. The SMILES string of the molecule is COc1ccccc1OCCN1C(=O)S/C(=C\c2ccc(OCC(N)=O)c(OC)c2)C1=O. The largest absolute Gasteiger partial charge is 0.493 e. The van der Waals surface area contributed by atoms with Gasteiger partial charge in [0.25, 0.3) is 17.1 Å². The van der Waals surface area contributed by atoms with Crippen LogP contribution in [0.4, 0.5) is 4.79 Å². The Morgan fingerprint density at radius 2 is 1.69 bits per heavy atom. The second kappa shape index (κ2) is 10.6. The van der Waals surface area contributed by atoms with Gasteiger partial charge in [-0.3, -0.25) is 19.3 Å². The molecule has 3 amide bonds. The van der Waals surface area contributed by atoms with Gasteiger partial charge in [0.1, 0.15) is 6.61 Å². The number of ether oxygens (including phenoxy) is 4. The van der Waals surface area contributed by atoms with Gasteiger partial charge in [-0.05, 0) is 47.7 Å². The minimum absolute atomic E-state index is 0.100. The van der Waals surface area contributed by atoms with Gasteiger partial charge in [0.2, 0.25) is 0 Å². The number of nitrogens with two attached hydrogens (primary N) is 1. The monoisotopic (exact) mass is 458 g/mol. The molecule has 2 aromatic rings. The van der Waals surface area contributed by atoms with Gasteiger partial charge in [0, 0.05) is 0 Å². The lowest BCUT2D eigenvalue weighted by atomic mass is 10.2. The van der Waals surface area contributed by atoms with Gasteiger partial charge in [-0.15, -0.1) is 0 Å². The van der Waals surface area contributed by atoms with Crippen LogP contribution in [0, 0.1) is 0 Å². The van der Waals surface area contributed by atoms with Gasteiger partial charge in [0.05, 0.1) is 25.7 Å². The third-order valence-electron chi connectivity index (χ3n) is 4.37. The minimum atomic E-state index is -0.612. The van der Waals surface area contributed by atoms with Crippen molar-refractivity contribution in [2.75, 3.05) is 34.0 Å². The third-order valence-corrected chi connectivity index (χ3v) is 5.28. The fourth-order valence-electron chi connectivity index (χ4n) is 2.87. The Kier molecular flexibility index (Phi) is 7.61. The molecule has 1 aliphatic heterocycles. The van der Waals surface area contributed by atoms with Gasteiger partial charge in [-0.2, -0.15) is 0 Å². The number of methoxy groups -OCH3 is 2. The predicted molar refractivity (Wildman–Crippen MR) is 119 cm³/mol. The highest BCUT2D eigenvalue weighted by molar-refractivity contribution is 8.18. The number of hydrogen-bond donors (Lipinski definition) is 1. The fraction of sp³-hybridized carbons (Fsp3) is 0.227. The average molecular weight is 458 g/mol. The van der Waals surface area contributed by atoms with Gasteiger partial charge < -0.3 is 24.7 Å². The van der Waals surface area contributed by atoms with E-state index >= 15 is 0 Å². The van der Waals surface area contributed by atoms with Crippen molar-refractivity contribution in [1.29, 1.82) is 0 Å². The molecule has 0 spiro atoms. The maximum absolute atomic E-state index is 12.7. The van der Waals surface area contributed by atoms with Gasteiger partial charge in [-0.1, -0.05) is 18.2 Å². The number of benzene rings is 2. The molecule has 2 aromatic carbocycles. The summed E-state index contributed by atoms with van der Waals surface area (Å²) < 4.78 is 21.4. The summed E-state index contributed by atoms with van der Waals surface area (Å²) in [6.07, 6.45) is 1.59. The predicted octanol–water partition coefficient (Wildman–Crippen LogP) is 2.68. The number of para-hydroxylation sites is 2. The second-order valence-corrected chi connectivity index (χ2v) is 7.49. The standard InChI is InChI=1S/C22H22N2O7S/c1-28-15-5-3-4-6-16(15)30-10-9-24-21(26)19(32-22(24)27)12-14-7-8-17(18(11-14)29-2)31-13-20(23)25/h3-8,11-12H,9-10,13H2,1-2H3,(H2,23,25)/b19-12-. The molecule has 32 heavy (non-hydrogen) atoms. The number of carbonyl (C=O) groups is 3. The van der Waals surface area contributed by atoms with Crippen molar-refractivity contribution >= 4 is 34.9 Å². The molecule has 1 aliphatic rings. The van der Waals surface area contributed by atoms with Crippen LogP contribution in [0.15, 0.2) is 47.4 Å². The Hall–Kier alpha value is -3.66. The lowest BCUT2D eigenvalue weighted by Gasteiger charge is -2.14. The number of imide groups is 1. The van der Waals surface area contributed by atoms with Crippen molar-refractivity contribution < 1.29 is 33.3 Å². The van der Waals surface area contributed by atoms with Crippen LogP contribution < -0.4 is 24.7 Å². The first-order valence-corrected chi connectivity index (χ1v) is 10.3. The quantitative estimate of drug-likeness (QED) is 0.540. The molecule has 0 atom stereocenters.